The average molecular weight is 275 g/mol. The second-order valence-corrected chi connectivity index (χ2v) is 4.79. The Morgan fingerprint density at radius 1 is 1.35 bits per heavy atom. The molecule has 1 amide bonds. The number of furan rings is 1. The summed E-state index contributed by atoms with van der Waals surface area (Å²) < 4.78 is 15.9. The smallest absolute Gasteiger partial charge is 0.227 e. The molecule has 1 aromatic heterocycles. The Bertz CT molecular complexity index is 613. The molecular weight excluding hydrogens is 258 g/mol. The first-order valence-corrected chi connectivity index (χ1v) is 6.67. The van der Waals surface area contributed by atoms with E-state index in [0.717, 1.165) is 22.3 Å². The van der Waals surface area contributed by atoms with Gasteiger partial charge in [0.1, 0.15) is 11.3 Å². The van der Waals surface area contributed by atoms with E-state index in [4.69, 9.17) is 13.9 Å². The van der Waals surface area contributed by atoms with E-state index in [1.807, 2.05) is 23.1 Å². The fourth-order valence-corrected chi connectivity index (χ4v) is 2.41. The zero-order chi connectivity index (χ0) is 13.9. The van der Waals surface area contributed by atoms with Crippen molar-refractivity contribution in [3.8, 4) is 5.75 Å². The summed E-state index contributed by atoms with van der Waals surface area (Å²) in [4.78, 5) is 14.1. The maximum absolute atomic E-state index is 12.2. The van der Waals surface area contributed by atoms with Gasteiger partial charge in [-0.05, 0) is 12.1 Å². The molecule has 5 nitrogen and oxygen atoms in total. The van der Waals surface area contributed by atoms with Gasteiger partial charge in [-0.2, -0.15) is 0 Å². The van der Waals surface area contributed by atoms with Gasteiger partial charge < -0.3 is 18.8 Å². The summed E-state index contributed by atoms with van der Waals surface area (Å²) in [6.07, 6.45) is 2.02. The molecule has 1 aliphatic heterocycles. The van der Waals surface area contributed by atoms with E-state index < -0.39 is 0 Å². The van der Waals surface area contributed by atoms with Crippen LogP contribution < -0.4 is 4.74 Å². The molecule has 5 heteroatoms. The number of rotatable bonds is 3. The van der Waals surface area contributed by atoms with Gasteiger partial charge in [-0.3, -0.25) is 4.79 Å². The molecule has 3 rings (SSSR count). The van der Waals surface area contributed by atoms with Crippen molar-refractivity contribution >= 4 is 16.9 Å². The lowest BCUT2D eigenvalue weighted by molar-refractivity contribution is -0.134. The number of amides is 1. The number of nitrogens with zero attached hydrogens (tertiary/aromatic N) is 1. The van der Waals surface area contributed by atoms with Gasteiger partial charge in [-0.1, -0.05) is 0 Å². The van der Waals surface area contributed by atoms with Gasteiger partial charge in [0.2, 0.25) is 5.91 Å². The van der Waals surface area contributed by atoms with Gasteiger partial charge in [0, 0.05) is 30.1 Å². The zero-order valence-corrected chi connectivity index (χ0v) is 11.4. The van der Waals surface area contributed by atoms with Crippen LogP contribution in [0.25, 0.3) is 11.0 Å². The van der Waals surface area contributed by atoms with Crippen LogP contribution in [0.4, 0.5) is 0 Å². The molecule has 106 valence electrons. The van der Waals surface area contributed by atoms with Gasteiger partial charge in [0.25, 0.3) is 0 Å². The van der Waals surface area contributed by atoms with E-state index in [0.29, 0.717) is 32.7 Å². The van der Waals surface area contributed by atoms with Gasteiger partial charge in [0.15, 0.2) is 0 Å². The minimum absolute atomic E-state index is 0.117. The van der Waals surface area contributed by atoms with Crippen LogP contribution in [0.5, 0.6) is 5.75 Å². The van der Waals surface area contributed by atoms with Crippen LogP contribution in [0.1, 0.15) is 5.56 Å². The number of ether oxygens (including phenoxy) is 2. The number of fused-ring (bicyclic) bond motifs is 1. The van der Waals surface area contributed by atoms with Crippen molar-refractivity contribution in [1.82, 2.24) is 4.90 Å². The quantitative estimate of drug-likeness (QED) is 0.857. The van der Waals surface area contributed by atoms with Gasteiger partial charge >= 0.3 is 0 Å². The van der Waals surface area contributed by atoms with Crippen molar-refractivity contribution in [1.29, 1.82) is 0 Å². The molecule has 0 N–H and O–H groups in total. The fourth-order valence-electron chi connectivity index (χ4n) is 2.41. The Hall–Kier alpha value is -2.01. The molecule has 1 saturated heterocycles. The normalized spacial score (nSPS) is 15.6. The van der Waals surface area contributed by atoms with Crippen molar-refractivity contribution in [3.63, 3.8) is 0 Å². The molecule has 0 radical (unpaired) electrons. The molecule has 2 aromatic rings. The van der Waals surface area contributed by atoms with E-state index >= 15 is 0 Å². The van der Waals surface area contributed by atoms with Crippen molar-refractivity contribution < 1.29 is 18.7 Å². The first-order valence-electron chi connectivity index (χ1n) is 6.67. The number of hydrogen-bond acceptors (Lipinski definition) is 4. The molecule has 0 aliphatic carbocycles. The summed E-state index contributed by atoms with van der Waals surface area (Å²) >= 11 is 0. The topological polar surface area (TPSA) is 51.9 Å². The van der Waals surface area contributed by atoms with E-state index in [-0.39, 0.29) is 5.91 Å². The molecule has 1 aliphatic rings. The van der Waals surface area contributed by atoms with Crippen molar-refractivity contribution in [2.75, 3.05) is 33.4 Å². The standard InChI is InChI=1S/C15H17NO4/c1-18-12-2-3-13-11(10-20-14(13)9-12)8-15(17)16-4-6-19-7-5-16/h2-3,9-10H,4-8H2,1H3. The van der Waals surface area contributed by atoms with Gasteiger partial charge in [-0.15, -0.1) is 0 Å². The van der Waals surface area contributed by atoms with Crippen LogP contribution in [0.2, 0.25) is 0 Å². The first kappa shape index (κ1) is 13.0. The molecule has 0 atom stereocenters. The van der Waals surface area contributed by atoms with Crippen LogP contribution >= 0.6 is 0 Å². The summed E-state index contributed by atoms with van der Waals surface area (Å²) in [5, 5.41) is 0.965. The third kappa shape index (κ3) is 2.49. The molecule has 0 saturated carbocycles. The highest BCUT2D eigenvalue weighted by Gasteiger charge is 2.19. The minimum Gasteiger partial charge on any atom is -0.497 e. The maximum Gasteiger partial charge on any atom is 0.227 e. The van der Waals surface area contributed by atoms with Crippen molar-refractivity contribution in [3.05, 3.63) is 30.0 Å². The molecule has 2 heterocycles. The van der Waals surface area contributed by atoms with Gasteiger partial charge in [-0.25, -0.2) is 0 Å². The number of benzene rings is 1. The van der Waals surface area contributed by atoms with Crippen molar-refractivity contribution in [2.24, 2.45) is 0 Å². The van der Waals surface area contributed by atoms with E-state index in [1.54, 1.807) is 13.4 Å². The predicted octanol–water partition coefficient (Wildman–Crippen LogP) is 1.84. The molecule has 1 fully saturated rings. The van der Waals surface area contributed by atoms with Crippen LogP contribution in [-0.2, 0) is 16.0 Å². The maximum atomic E-state index is 12.2. The summed E-state index contributed by atoms with van der Waals surface area (Å²) in [7, 11) is 1.62. The molecule has 0 unspecified atom stereocenters. The number of carbonyl (C=O) groups is 1. The predicted molar refractivity (Wildman–Crippen MR) is 73.9 cm³/mol. The summed E-state index contributed by atoms with van der Waals surface area (Å²) in [6, 6.07) is 5.64. The largest absolute Gasteiger partial charge is 0.497 e. The fraction of sp³-hybridized carbons (Fsp3) is 0.400. The van der Waals surface area contributed by atoms with E-state index in [9.17, 15) is 4.79 Å². The van der Waals surface area contributed by atoms with Gasteiger partial charge in [0.05, 0.1) is 33.0 Å². The second-order valence-electron chi connectivity index (χ2n) is 4.79. The number of hydrogen-bond donors (Lipinski definition) is 0. The van der Waals surface area contributed by atoms with Crippen LogP contribution in [0.3, 0.4) is 0 Å². The van der Waals surface area contributed by atoms with Crippen LogP contribution in [0.15, 0.2) is 28.9 Å². The summed E-state index contributed by atoms with van der Waals surface area (Å²) in [5.74, 6) is 0.865. The molecule has 1 aromatic carbocycles. The lowest BCUT2D eigenvalue weighted by Crippen LogP contribution is -2.41. The first-order chi connectivity index (χ1) is 9.78. The molecule has 0 bridgehead atoms. The highest BCUT2D eigenvalue weighted by atomic mass is 16.5. The third-order valence-corrected chi connectivity index (χ3v) is 3.57. The highest BCUT2D eigenvalue weighted by Crippen LogP contribution is 2.26. The second kappa shape index (κ2) is 5.54. The number of morpholine rings is 1. The van der Waals surface area contributed by atoms with Crippen LogP contribution in [0, 0.1) is 0 Å². The third-order valence-electron chi connectivity index (χ3n) is 3.57. The lowest BCUT2D eigenvalue weighted by Gasteiger charge is -2.26. The lowest BCUT2D eigenvalue weighted by atomic mass is 10.1. The molecule has 20 heavy (non-hydrogen) atoms. The molecular formula is C15H17NO4. The Balaban J connectivity index is 1.78. The number of carbonyl (C=O) groups excluding carboxylic acids is 1. The SMILES string of the molecule is COc1ccc2c(CC(=O)N3CCOCC3)coc2c1. The van der Waals surface area contributed by atoms with E-state index in [2.05, 4.69) is 0 Å². The Morgan fingerprint density at radius 3 is 2.90 bits per heavy atom. The monoisotopic (exact) mass is 275 g/mol. The Morgan fingerprint density at radius 2 is 2.15 bits per heavy atom. The highest BCUT2D eigenvalue weighted by molar-refractivity contribution is 5.88. The number of methoxy groups -OCH3 is 1. The Labute approximate surface area is 117 Å². The van der Waals surface area contributed by atoms with E-state index in [1.165, 1.54) is 0 Å². The zero-order valence-electron chi connectivity index (χ0n) is 11.4. The minimum atomic E-state index is 0.117. The summed E-state index contributed by atoms with van der Waals surface area (Å²) in [5.41, 5.74) is 1.66. The van der Waals surface area contributed by atoms with Crippen LogP contribution in [-0.4, -0.2) is 44.2 Å². The summed E-state index contributed by atoms with van der Waals surface area (Å²) in [6.45, 7) is 2.58. The van der Waals surface area contributed by atoms with Crippen molar-refractivity contribution in [2.45, 2.75) is 6.42 Å². The average Bonchev–Trinajstić information content (AvgIpc) is 2.90. The Kier molecular flexibility index (Phi) is 3.60. The molecule has 0 spiro atoms.